The number of fused-ring (bicyclic) bond motifs is 2. The number of benzene rings is 1. The molecule has 29 heavy (non-hydrogen) atoms. The van der Waals surface area contributed by atoms with Gasteiger partial charge in [0.05, 0.1) is 17.5 Å². The lowest BCUT2D eigenvalue weighted by Gasteiger charge is -2.35. The van der Waals surface area contributed by atoms with Crippen molar-refractivity contribution >= 4 is 24.8 Å². The van der Waals surface area contributed by atoms with Crippen molar-refractivity contribution in [3.05, 3.63) is 41.2 Å². The predicted octanol–water partition coefficient (Wildman–Crippen LogP) is 2.30. The molecular formula is C20H28Cl2N4O3. The van der Waals surface area contributed by atoms with E-state index in [9.17, 15) is 5.11 Å². The van der Waals surface area contributed by atoms with E-state index < -0.39 is 0 Å². The Morgan fingerprint density at radius 3 is 2.86 bits per heavy atom. The van der Waals surface area contributed by atoms with Gasteiger partial charge >= 0.3 is 0 Å². The van der Waals surface area contributed by atoms with Crippen LogP contribution in [0.4, 0.5) is 0 Å². The van der Waals surface area contributed by atoms with Gasteiger partial charge in [-0.1, -0.05) is 6.07 Å². The molecule has 2 aromatic rings. The Kier molecular flexibility index (Phi) is 7.29. The van der Waals surface area contributed by atoms with Crippen molar-refractivity contribution in [2.24, 2.45) is 0 Å². The van der Waals surface area contributed by atoms with Crippen LogP contribution in [-0.4, -0.2) is 52.3 Å². The lowest BCUT2D eigenvalue weighted by Crippen LogP contribution is -2.42. The van der Waals surface area contributed by atoms with Gasteiger partial charge in [0.2, 0.25) is 6.79 Å². The highest BCUT2D eigenvalue weighted by molar-refractivity contribution is 5.85. The Morgan fingerprint density at radius 2 is 2.00 bits per heavy atom. The van der Waals surface area contributed by atoms with Crippen molar-refractivity contribution in [3.8, 4) is 11.5 Å². The van der Waals surface area contributed by atoms with Gasteiger partial charge in [0.1, 0.15) is 0 Å². The molecule has 5 rings (SSSR count). The zero-order valence-corrected chi connectivity index (χ0v) is 17.9. The molecule has 9 heteroatoms. The summed E-state index contributed by atoms with van der Waals surface area (Å²) in [5.74, 6) is 1.72. The quantitative estimate of drug-likeness (QED) is 0.759. The third kappa shape index (κ3) is 4.64. The van der Waals surface area contributed by atoms with Crippen LogP contribution in [0.15, 0.2) is 24.3 Å². The number of aryl methyl sites for hydroxylation is 1. The summed E-state index contributed by atoms with van der Waals surface area (Å²) in [5.41, 5.74) is 3.49. The molecule has 7 nitrogen and oxygen atoms in total. The number of aromatic nitrogens is 2. The number of rotatable bonds is 3. The maximum absolute atomic E-state index is 10.8. The Morgan fingerprint density at radius 1 is 1.14 bits per heavy atom. The van der Waals surface area contributed by atoms with E-state index in [-0.39, 0.29) is 43.6 Å². The van der Waals surface area contributed by atoms with Gasteiger partial charge in [-0.25, -0.2) is 0 Å². The zero-order valence-electron chi connectivity index (χ0n) is 16.2. The minimum absolute atomic E-state index is 0. The average Bonchev–Trinajstić information content (AvgIpc) is 3.22. The molecule has 4 heterocycles. The molecule has 0 saturated carbocycles. The second-order valence-electron chi connectivity index (χ2n) is 7.69. The van der Waals surface area contributed by atoms with E-state index in [1.165, 1.54) is 5.69 Å². The van der Waals surface area contributed by atoms with Crippen LogP contribution < -0.4 is 14.8 Å². The van der Waals surface area contributed by atoms with Crippen LogP contribution in [0.1, 0.15) is 35.7 Å². The monoisotopic (exact) mass is 442 g/mol. The SMILES string of the molecule is Cl.Cl.O[C@@H]1CN(Cc2cc3n(n2)CCCNC3)CC[C@H]1c1ccc2c(c1)OCO2. The predicted molar refractivity (Wildman–Crippen MR) is 114 cm³/mol. The van der Waals surface area contributed by atoms with Gasteiger partial charge in [-0.15, -0.1) is 24.8 Å². The van der Waals surface area contributed by atoms with Crippen LogP contribution in [-0.2, 0) is 19.6 Å². The molecule has 0 bridgehead atoms. The summed E-state index contributed by atoms with van der Waals surface area (Å²) in [6.07, 6.45) is 1.66. The Bertz CT molecular complexity index is 809. The largest absolute Gasteiger partial charge is 0.454 e. The van der Waals surface area contributed by atoms with Gasteiger partial charge in [-0.2, -0.15) is 5.10 Å². The molecular weight excluding hydrogens is 415 g/mol. The first-order chi connectivity index (χ1) is 13.3. The van der Waals surface area contributed by atoms with Crippen LogP contribution in [0.3, 0.4) is 0 Å². The minimum atomic E-state index is -0.388. The number of β-amino-alcohol motifs (C(OH)–C–C–N with tert-alkyl or cyclic N) is 1. The van der Waals surface area contributed by atoms with Crippen molar-refractivity contribution in [3.63, 3.8) is 0 Å². The van der Waals surface area contributed by atoms with E-state index in [0.29, 0.717) is 6.54 Å². The molecule has 2 N–H and O–H groups in total. The average molecular weight is 443 g/mol. The van der Waals surface area contributed by atoms with Crippen LogP contribution in [0.5, 0.6) is 11.5 Å². The first-order valence-electron chi connectivity index (χ1n) is 9.82. The molecule has 0 spiro atoms. The van der Waals surface area contributed by atoms with Gasteiger partial charge in [-0.3, -0.25) is 9.58 Å². The van der Waals surface area contributed by atoms with Crippen LogP contribution >= 0.6 is 24.8 Å². The zero-order chi connectivity index (χ0) is 18.2. The van der Waals surface area contributed by atoms with E-state index in [4.69, 9.17) is 14.6 Å². The maximum atomic E-state index is 10.8. The van der Waals surface area contributed by atoms with E-state index in [1.807, 2.05) is 12.1 Å². The summed E-state index contributed by atoms with van der Waals surface area (Å²) in [6.45, 7) is 5.63. The number of nitrogens with zero attached hydrogens (tertiary/aromatic N) is 3. The minimum Gasteiger partial charge on any atom is -0.454 e. The fraction of sp³-hybridized carbons (Fsp3) is 0.550. The van der Waals surface area contributed by atoms with E-state index >= 15 is 0 Å². The normalized spacial score (nSPS) is 23.5. The van der Waals surface area contributed by atoms with Gasteiger partial charge in [0.15, 0.2) is 11.5 Å². The molecule has 1 aromatic heterocycles. The first kappa shape index (κ1) is 22.2. The number of aliphatic hydroxyl groups excluding tert-OH is 1. The number of halogens is 2. The summed E-state index contributed by atoms with van der Waals surface area (Å²) in [6, 6.07) is 8.22. The lowest BCUT2D eigenvalue weighted by atomic mass is 9.87. The van der Waals surface area contributed by atoms with Crippen LogP contribution in [0.2, 0.25) is 0 Å². The van der Waals surface area contributed by atoms with E-state index in [1.54, 1.807) is 0 Å². The van der Waals surface area contributed by atoms with Crippen molar-refractivity contribution < 1.29 is 14.6 Å². The number of likely N-dealkylation sites (tertiary alicyclic amines) is 1. The van der Waals surface area contributed by atoms with Gasteiger partial charge in [0, 0.05) is 32.1 Å². The molecule has 0 amide bonds. The van der Waals surface area contributed by atoms with Crippen LogP contribution in [0.25, 0.3) is 0 Å². The summed E-state index contributed by atoms with van der Waals surface area (Å²) >= 11 is 0. The molecule has 0 radical (unpaired) electrons. The Balaban J connectivity index is 0.00000120. The first-order valence-corrected chi connectivity index (χ1v) is 9.82. The summed E-state index contributed by atoms with van der Waals surface area (Å²) in [5, 5.41) is 19.0. The fourth-order valence-corrected chi connectivity index (χ4v) is 4.40. The van der Waals surface area contributed by atoms with Crippen molar-refractivity contribution in [1.82, 2.24) is 20.0 Å². The smallest absolute Gasteiger partial charge is 0.231 e. The molecule has 1 saturated heterocycles. The fourth-order valence-electron chi connectivity index (χ4n) is 4.40. The summed E-state index contributed by atoms with van der Waals surface area (Å²) < 4.78 is 13.0. The second kappa shape index (κ2) is 9.53. The number of hydrogen-bond acceptors (Lipinski definition) is 6. The molecule has 1 fully saturated rings. The molecule has 0 unspecified atom stereocenters. The number of nitrogens with one attached hydrogen (secondary N) is 1. The molecule has 3 aliphatic rings. The summed E-state index contributed by atoms with van der Waals surface area (Å²) in [4.78, 5) is 2.31. The number of aliphatic hydroxyl groups is 1. The van der Waals surface area contributed by atoms with Crippen molar-refractivity contribution in [2.75, 3.05) is 26.4 Å². The molecule has 2 atom stereocenters. The molecule has 160 valence electrons. The number of piperidine rings is 1. The van der Waals surface area contributed by atoms with Gasteiger partial charge in [0.25, 0.3) is 0 Å². The molecule has 1 aromatic carbocycles. The van der Waals surface area contributed by atoms with E-state index in [0.717, 1.165) is 68.3 Å². The van der Waals surface area contributed by atoms with Crippen molar-refractivity contribution in [1.29, 1.82) is 0 Å². The lowest BCUT2D eigenvalue weighted by molar-refractivity contribution is 0.0470. The van der Waals surface area contributed by atoms with Crippen LogP contribution in [0, 0.1) is 0 Å². The third-order valence-corrected chi connectivity index (χ3v) is 5.82. The number of ether oxygens (including phenoxy) is 2. The highest BCUT2D eigenvalue weighted by Crippen LogP contribution is 2.37. The second-order valence-corrected chi connectivity index (χ2v) is 7.69. The molecule has 0 aliphatic carbocycles. The molecule has 3 aliphatic heterocycles. The van der Waals surface area contributed by atoms with Gasteiger partial charge in [-0.05, 0) is 49.7 Å². The van der Waals surface area contributed by atoms with Gasteiger partial charge < -0.3 is 19.9 Å². The highest BCUT2D eigenvalue weighted by atomic mass is 35.5. The third-order valence-electron chi connectivity index (χ3n) is 5.82. The van der Waals surface area contributed by atoms with E-state index in [2.05, 4.69) is 27.0 Å². The number of hydrogen-bond donors (Lipinski definition) is 2. The standard InChI is InChI=1S/C20H26N4O3.2ClH/c25-18-12-23(11-15-9-16-10-21-5-1-6-24(16)22-15)7-4-17(18)14-2-3-19-20(8-14)27-13-26-19;;/h2-3,8-9,17-18,21,25H,1,4-7,10-13H2;2*1H/t17-,18+;;/m0../s1. The summed E-state index contributed by atoms with van der Waals surface area (Å²) in [7, 11) is 0. The maximum Gasteiger partial charge on any atom is 0.231 e. The highest BCUT2D eigenvalue weighted by Gasteiger charge is 2.30. The Labute approximate surface area is 183 Å². The topological polar surface area (TPSA) is 71.8 Å². The van der Waals surface area contributed by atoms with Crippen molar-refractivity contribution in [2.45, 2.75) is 44.5 Å². The Hall–Kier alpha value is -1.51.